The zero-order chi connectivity index (χ0) is 20.7. The van der Waals surface area contributed by atoms with Crippen molar-refractivity contribution in [2.24, 2.45) is 0 Å². The second kappa shape index (κ2) is 7.05. The van der Waals surface area contributed by atoms with Gasteiger partial charge in [-0.2, -0.15) is 9.78 Å². The molecule has 0 aromatic heterocycles. The summed E-state index contributed by atoms with van der Waals surface area (Å²) >= 11 is 0. The van der Waals surface area contributed by atoms with Crippen molar-refractivity contribution in [2.75, 3.05) is 7.11 Å². The van der Waals surface area contributed by atoms with Crippen molar-refractivity contribution >= 4 is 5.97 Å². The Hall–Kier alpha value is -3.67. The average Bonchev–Trinajstić information content (AvgIpc) is 3.03. The Morgan fingerprint density at radius 1 is 0.966 bits per heavy atom. The summed E-state index contributed by atoms with van der Waals surface area (Å²) in [5.74, 6) is -0.538. The lowest BCUT2D eigenvalue weighted by Crippen LogP contribution is -2.16. The quantitative estimate of drug-likeness (QED) is 0.501. The van der Waals surface area contributed by atoms with Crippen LogP contribution >= 0.6 is 0 Å². The summed E-state index contributed by atoms with van der Waals surface area (Å²) in [5, 5.41) is 4.47. The lowest BCUT2D eigenvalue weighted by Gasteiger charge is -2.14. The molecule has 2 aromatic carbocycles. The SMILES string of the molecule is COC(=O)c1cn(-c2ccc(C)cc2C)cc2c(=O)n(-c3ccccc3C)nc1-2. The molecule has 4 rings (SSSR count). The molecule has 0 saturated carbocycles. The number of esters is 1. The fourth-order valence-corrected chi connectivity index (χ4v) is 3.56. The Kier molecular flexibility index (Phi) is 4.54. The van der Waals surface area contributed by atoms with Gasteiger partial charge in [-0.05, 0) is 44.0 Å². The number of benzene rings is 2. The number of methoxy groups -OCH3 is 1. The summed E-state index contributed by atoms with van der Waals surface area (Å²) in [6, 6.07) is 13.5. The van der Waals surface area contributed by atoms with Crippen LogP contribution in [-0.2, 0) is 4.74 Å². The molecule has 2 aliphatic rings. The molecule has 6 heteroatoms. The van der Waals surface area contributed by atoms with Crippen LogP contribution in [0.25, 0.3) is 22.6 Å². The maximum Gasteiger partial charge on any atom is 0.341 e. The topological polar surface area (TPSA) is 66.1 Å². The van der Waals surface area contributed by atoms with Crippen LogP contribution in [0.15, 0.2) is 59.7 Å². The lowest BCUT2D eigenvalue weighted by atomic mass is 10.1. The van der Waals surface area contributed by atoms with E-state index in [0.29, 0.717) is 16.9 Å². The van der Waals surface area contributed by atoms with E-state index >= 15 is 0 Å². The standard InChI is InChI=1S/C23H21N3O3/c1-14-9-10-19(16(3)11-14)25-12-17-21(18(13-25)23(28)29-4)24-26(22(17)27)20-8-6-5-7-15(20)2/h5-13H,1-4H3. The highest BCUT2D eigenvalue weighted by atomic mass is 16.5. The highest BCUT2D eigenvalue weighted by Crippen LogP contribution is 2.26. The van der Waals surface area contributed by atoms with Crippen molar-refractivity contribution < 1.29 is 9.53 Å². The number of pyridine rings is 1. The second-order valence-corrected chi connectivity index (χ2v) is 7.13. The molecule has 0 amide bonds. The Morgan fingerprint density at radius 3 is 2.41 bits per heavy atom. The van der Waals surface area contributed by atoms with Gasteiger partial charge in [0.05, 0.1) is 18.4 Å². The fraction of sp³-hybridized carbons (Fsp3) is 0.174. The van der Waals surface area contributed by atoms with Crippen molar-refractivity contribution in [1.29, 1.82) is 0 Å². The van der Waals surface area contributed by atoms with Crippen molar-refractivity contribution in [3.8, 4) is 22.6 Å². The highest BCUT2D eigenvalue weighted by Gasteiger charge is 2.25. The monoisotopic (exact) mass is 387 g/mol. The van der Waals surface area contributed by atoms with Crippen LogP contribution in [0.1, 0.15) is 27.0 Å². The third kappa shape index (κ3) is 3.12. The third-order valence-corrected chi connectivity index (χ3v) is 5.05. The number of hydrogen-bond donors (Lipinski definition) is 0. The second-order valence-electron chi connectivity index (χ2n) is 7.13. The summed E-state index contributed by atoms with van der Waals surface area (Å²) in [6.07, 6.45) is 3.39. The van der Waals surface area contributed by atoms with Crippen LogP contribution in [0.2, 0.25) is 0 Å². The minimum atomic E-state index is -0.538. The van der Waals surface area contributed by atoms with Gasteiger partial charge < -0.3 is 9.30 Å². The van der Waals surface area contributed by atoms with E-state index in [4.69, 9.17) is 4.74 Å². The molecule has 0 radical (unpaired) electrons. The van der Waals surface area contributed by atoms with Crippen LogP contribution in [-0.4, -0.2) is 27.4 Å². The van der Waals surface area contributed by atoms with Crippen LogP contribution in [0, 0.1) is 20.8 Å². The summed E-state index contributed by atoms with van der Waals surface area (Å²) in [7, 11) is 1.32. The predicted octanol–water partition coefficient (Wildman–Crippen LogP) is 3.84. The summed E-state index contributed by atoms with van der Waals surface area (Å²) in [4.78, 5) is 25.7. The Labute approximate surface area is 168 Å². The predicted molar refractivity (Wildman–Crippen MR) is 111 cm³/mol. The van der Waals surface area contributed by atoms with Gasteiger partial charge in [-0.1, -0.05) is 35.9 Å². The van der Waals surface area contributed by atoms with E-state index in [2.05, 4.69) is 11.2 Å². The molecular weight excluding hydrogens is 366 g/mol. The Bertz CT molecular complexity index is 1270. The molecule has 0 N–H and O–H groups in total. The van der Waals surface area contributed by atoms with Gasteiger partial charge >= 0.3 is 5.97 Å². The first-order valence-corrected chi connectivity index (χ1v) is 9.27. The van der Waals surface area contributed by atoms with Gasteiger partial charge in [0.15, 0.2) is 0 Å². The van der Waals surface area contributed by atoms with Gasteiger partial charge in [-0.3, -0.25) is 4.79 Å². The molecule has 0 unspecified atom stereocenters. The van der Waals surface area contributed by atoms with E-state index in [1.807, 2.05) is 57.2 Å². The molecule has 6 nitrogen and oxygen atoms in total. The summed E-state index contributed by atoms with van der Waals surface area (Å²) < 4.78 is 8.09. The maximum absolute atomic E-state index is 13.2. The van der Waals surface area contributed by atoms with E-state index in [-0.39, 0.29) is 11.1 Å². The van der Waals surface area contributed by atoms with Crippen molar-refractivity contribution in [1.82, 2.24) is 14.3 Å². The van der Waals surface area contributed by atoms with E-state index in [0.717, 1.165) is 22.4 Å². The van der Waals surface area contributed by atoms with E-state index in [1.165, 1.54) is 11.8 Å². The summed E-state index contributed by atoms with van der Waals surface area (Å²) in [5.41, 5.74) is 5.30. The first kappa shape index (κ1) is 18.7. The number of nitrogens with zero attached hydrogens (tertiary/aromatic N) is 3. The zero-order valence-electron chi connectivity index (χ0n) is 16.8. The number of ether oxygens (including phenoxy) is 1. The van der Waals surface area contributed by atoms with Crippen LogP contribution < -0.4 is 5.56 Å². The molecule has 0 atom stereocenters. The normalized spacial score (nSPS) is 11.0. The largest absolute Gasteiger partial charge is 0.465 e. The van der Waals surface area contributed by atoms with Crippen LogP contribution in [0.4, 0.5) is 0 Å². The first-order valence-electron chi connectivity index (χ1n) is 9.27. The minimum absolute atomic E-state index is 0.245. The lowest BCUT2D eigenvalue weighted by molar-refractivity contribution is 0.0600. The van der Waals surface area contributed by atoms with E-state index in [1.54, 1.807) is 17.0 Å². The average molecular weight is 387 g/mol. The van der Waals surface area contributed by atoms with E-state index in [9.17, 15) is 9.59 Å². The third-order valence-electron chi connectivity index (χ3n) is 5.05. The molecule has 2 heterocycles. The maximum atomic E-state index is 13.2. The molecule has 29 heavy (non-hydrogen) atoms. The molecule has 2 aliphatic heterocycles. The minimum Gasteiger partial charge on any atom is -0.465 e. The highest BCUT2D eigenvalue weighted by molar-refractivity contribution is 5.96. The Balaban J connectivity index is 2.03. The van der Waals surface area contributed by atoms with Gasteiger partial charge in [0.2, 0.25) is 0 Å². The number of aryl methyl sites for hydroxylation is 3. The van der Waals surface area contributed by atoms with Gasteiger partial charge in [0.1, 0.15) is 11.3 Å². The number of fused-ring (bicyclic) bond motifs is 1. The van der Waals surface area contributed by atoms with Gasteiger partial charge in [-0.25, -0.2) is 4.79 Å². The van der Waals surface area contributed by atoms with Crippen LogP contribution in [0.3, 0.4) is 0 Å². The number of aromatic nitrogens is 3. The molecule has 146 valence electrons. The summed E-state index contributed by atoms with van der Waals surface area (Å²) in [6.45, 7) is 5.93. The zero-order valence-corrected chi connectivity index (χ0v) is 16.8. The van der Waals surface area contributed by atoms with Gasteiger partial charge in [0.25, 0.3) is 5.56 Å². The number of para-hydroxylation sites is 1. The number of carbonyl (C=O) groups excluding carboxylic acids is 1. The molecule has 0 saturated heterocycles. The number of hydrogen-bond acceptors (Lipinski definition) is 4. The molecule has 0 aliphatic carbocycles. The Morgan fingerprint density at radius 2 is 1.72 bits per heavy atom. The van der Waals surface area contributed by atoms with Crippen molar-refractivity contribution in [2.45, 2.75) is 20.8 Å². The molecule has 0 spiro atoms. The van der Waals surface area contributed by atoms with Crippen molar-refractivity contribution in [3.63, 3.8) is 0 Å². The molecule has 0 bridgehead atoms. The molecule has 2 aromatic rings. The van der Waals surface area contributed by atoms with Crippen molar-refractivity contribution in [3.05, 3.63) is 87.5 Å². The molecule has 0 fully saturated rings. The van der Waals surface area contributed by atoms with Gasteiger partial charge in [-0.15, -0.1) is 0 Å². The first-order chi connectivity index (χ1) is 13.9. The smallest absolute Gasteiger partial charge is 0.341 e. The van der Waals surface area contributed by atoms with Crippen LogP contribution in [0.5, 0.6) is 0 Å². The van der Waals surface area contributed by atoms with E-state index < -0.39 is 5.97 Å². The number of carbonyl (C=O) groups is 1. The molecular formula is C23H21N3O3. The van der Waals surface area contributed by atoms with Gasteiger partial charge in [0, 0.05) is 18.1 Å². The number of rotatable bonds is 3. The fourth-order valence-electron chi connectivity index (χ4n) is 3.56.